The summed E-state index contributed by atoms with van der Waals surface area (Å²) in [4.78, 5) is 7.31. The number of aliphatic imine (C=N–C) groups is 1. The molecule has 1 aliphatic heterocycles. The number of rotatable bonds is 9. The van der Waals surface area contributed by atoms with Crippen molar-refractivity contribution in [2.45, 2.75) is 46.3 Å². The number of methoxy groups -OCH3 is 1. The van der Waals surface area contributed by atoms with Crippen LogP contribution in [0.3, 0.4) is 0 Å². The minimum atomic E-state index is 0.644. The number of piperidine rings is 1. The van der Waals surface area contributed by atoms with E-state index in [1.807, 2.05) is 0 Å². The molecule has 146 valence electrons. The van der Waals surface area contributed by atoms with E-state index >= 15 is 0 Å². The van der Waals surface area contributed by atoms with Crippen LogP contribution in [0, 0.1) is 5.92 Å². The first-order chi connectivity index (χ1) is 12.7. The molecule has 0 atom stereocenters. The molecular formula is C21H36N4O. The molecule has 0 saturated carbocycles. The summed E-state index contributed by atoms with van der Waals surface area (Å²) in [6.07, 6.45) is 3.85. The molecule has 5 heteroatoms. The fourth-order valence-electron chi connectivity index (χ4n) is 3.29. The lowest BCUT2D eigenvalue weighted by Crippen LogP contribution is -2.39. The van der Waals surface area contributed by atoms with Crippen molar-refractivity contribution in [1.82, 2.24) is 15.5 Å². The quantitative estimate of drug-likeness (QED) is 0.404. The summed E-state index contributed by atoms with van der Waals surface area (Å²) in [5.74, 6) is 1.80. The number of likely N-dealkylation sites (tertiary alicyclic amines) is 1. The van der Waals surface area contributed by atoms with E-state index in [0.717, 1.165) is 31.4 Å². The average molecular weight is 361 g/mol. The van der Waals surface area contributed by atoms with Crippen molar-refractivity contribution in [3.63, 3.8) is 0 Å². The van der Waals surface area contributed by atoms with Crippen molar-refractivity contribution in [1.29, 1.82) is 0 Å². The SMILES string of the molecule is CCNC(=NCc1cccc(COC)c1)NCCCN1CCC(C)CC1. The third-order valence-corrected chi connectivity index (χ3v) is 4.89. The lowest BCUT2D eigenvalue weighted by molar-refractivity contribution is 0.185. The minimum Gasteiger partial charge on any atom is -0.380 e. The number of guanidine groups is 1. The van der Waals surface area contributed by atoms with E-state index in [1.165, 1.54) is 43.6 Å². The molecule has 0 spiro atoms. The van der Waals surface area contributed by atoms with Gasteiger partial charge in [-0.1, -0.05) is 31.2 Å². The molecule has 1 aromatic rings. The molecule has 26 heavy (non-hydrogen) atoms. The van der Waals surface area contributed by atoms with Gasteiger partial charge in [0.1, 0.15) is 0 Å². The van der Waals surface area contributed by atoms with Crippen LogP contribution >= 0.6 is 0 Å². The second-order valence-corrected chi connectivity index (χ2v) is 7.25. The van der Waals surface area contributed by atoms with Gasteiger partial charge in [0.2, 0.25) is 0 Å². The maximum Gasteiger partial charge on any atom is 0.191 e. The van der Waals surface area contributed by atoms with Crippen LogP contribution in [0.15, 0.2) is 29.3 Å². The van der Waals surface area contributed by atoms with Crippen molar-refractivity contribution < 1.29 is 4.74 Å². The highest BCUT2D eigenvalue weighted by molar-refractivity contribution is 5.79. The fraction of sp³-hybridized carbons (Fsp3) is 0.667. The molecule has 0 unspecified atom stereocenters. The van der Waals surface area contributed by atoms with Gasteiger partial charge in [-0.15, -0.1) is 0 Å². The van der Waals surface area contributed by atoms with Crippen LogP contribution in [0.1, 0.15) is 44.2 Å². The maximum absolute atomic E-state index is 5.20. The van der Waals surface area contributed by atoms with Gasteiger partial charge >= 0.3 is 0 Å². The van der Waals surface area contributed by atoms with E-state index in [1.54, 1.807) is 7.11 Å². The predicted octanol–water partition coefficient (Wildman–Crippen LogP) is 3.01. The zero-order chi connectivity index (χ0) is 18.6. The van der Waals surface area contributed by atoms with Crippen LogP contribution in [0.2, 0.25) is 0 Å². The van der Waals surface area contributed by atoms with Gasteiger partial charge in [0.15, 0.2) is 5.96 Å². The summed E-state index contributed by atoms with van der Waals surface area (Å²) in [6, 6.07) is 8.43. The molecule has 1 aliphatic rings. The second-order valence-electron chi connectivity index (χ2n) is 7.25. The Bertz CT molecular complexity index is 539. The van der Waals surface area contributed by atoms with E-state index in [-0.39, 0.29) is 0 Å². The first-order valence-electron chi connectivity index (χ1n) is 10.0. The van der Waals surface area contributed by atoms with Crippen LogP contribution in [0.25, 0.3) is 0 Å². The van der Waals surface area contributed by atoms with Crippen molar-refractivity contribution in [3.8, 4) is 0 Å². The Hall–Kier alpha value is -1.59. The summed E-state index contributed by atoms with van der Waals surface area (Å²) in [6.45, 7) is 11.3. The van der Waals surface area contributed by atoms with Crippen molar-refractivity contribution in [3.05, 3.63) is 35.4 Å². The largest absolute Gasteiger partial charge is 0.380 e. The summed E-state index contributed by atoms with van der Waals surface area (Å²) in [5, 5.41) is 6.80. The molecular weight excluding hydrogens is 324 g/mol. The molecule has 1 saturated heterocycles. The van der Waals surface area contributed by atoms with Gasteiger partial charge in [-0.05, 0) is 62.9 Å². The first-order valence-corrected chi connectivity index (χ1v) is 10.0. The Labute approximate surface area is 159 Å². The highest BCUT2D eigenvalue weighted by Gasteiger charge is 2.14. The van der Waals surface area contributed by atoms with Gasteiger partial charge in [-0.25, -0.2) is 4.99 Å². The van der Waals surface area contributed by atoms with Gasteiger partial charge in [0, 0.05) is 20.2 Å². The summed E-state index contributed by atoms with van der Waals surface area (Å²) in [7, 11) is 1.72. The number of benzene rings is 1. The smallest absolute Gasteiger partial charge is 0.191 e. The zero-order valence-corrected chi connectivity index (χ0v) is 16.8. The molecule has 0 bridgehead atoms. The Kier molecular flexibility index (Phi) is 9.50. The van der Waals surface area contributed by atoms with Crippen molar-refractivity contribution >= 4 is 5.96 Å². The van der Waals surface area contributed by atoms with E-state index < -0.39 is 0 Å². The molecule has 1 aromatic carbocycles. The van der Waals surface area contributed by atoms with Gasteiger partial charge in [0.25, 0.3) is 0 Å². The van der Waals surface area contributed by atoms with Gasteiger partial charge in [-0.3, -0.25) is 0 Å². The maximum atomic E-state index is 5.20. The molecule has 1 fully saturated rings. The Balaban J connectivity index is 1.74. The van der Waals surface area contributed by atoms with Crippen LogP contribution in [-0.4, -0.2) is 50.7 Å². The third-order valence-electron chi connectivity index (χ3n) is 4.89. The van der Waals surface area contributed by atoms with E-state index in [4.69, 9.17) is 9.73 Å². The highest BCUT2D eigenvalue weighted by Crippen LogP contribution is 2.15. The van der Waals surface area contributed by atoms with Crippen molar-refractivity contribution in [2.24, 2.45) is 10.9 Å². The van der Waals surface area contributed by atoms with Crippen LogP contribution in [0.5, 0.6) is 0 Å². The standard InChI is InChI=1S/C21H36N4O/c1-4-22-21(23-11-6-12-25-13-9-18(2)10-14-25)24-16-19-7-5-8-20(15-19)17-26-3/h5,7-8,15,18H,4,6,9-14,16-17H2,1-3H3,(H2,22,23,24). The second kappa shape index (κ2) is 11.9. The first kappa shape index (κ1) is 20.7. The van der Waals surface area contributed by atoms with Crippen LogP contribution in [-0.2, 0) is 17.9 Å². The summed E-state index contributed by atoms with van der Waals surface area (Å²) in [5.41, 5.74) is 2.40. The molecule has 0 radical (unpaired) electrons. The van der Waals surface area contributed by atoms with Crippen LogP contribution in [0.4, 0.5) is 0 Å². The van der Waals surface area contributed by atoms with Crippen LogP contribution < -0.4 is 10.6 Å². The molecule has 1 heterocycles. The third kappa shape index (κ3) is 7.75. The monoisotopic (exact) mass is 360 g/mol. The fourth-order valence-corrected chi connectivity index (χ4v) is 3.29. The molecule has 0 aromatic heterocycles. The zero-order valence-electron chi connectivity index (χ0n) is 16.8. The molecule has 5 nitrogen and oxygen atoms in total. The van der Waals surface area contributed by atoms with Gasteiger partial charge in [-0.2, -0.15) is 0 Å². The number of hydrogen-bond donors (Lipinski definition) is 2. The summed E-state index contributed by atoms with van der Waals surface area (Å²) >= 11 is 0. The highest BCUT2D eigenvalue weighted by atomic mass is 16.5. The minimum absolute atomic E-state index is 0.644. The summed E-state index contributed by atoms with van der Waals surface area (Å²) < 4.78 is 5.20. The number of ether oxygens (including phenoxy) is 1. The Morgan fingerprint density at radius 1 is 1.23 bits per heavy atom. The lowest BCUT2D eigenvalue weighted by atomic mass is 9.99. The van der Waals surface area contributed by atoms with E-state index in [2.05, 4.69) is 53.6 Å². The Morgan fingerprint density at radius 2 is 2.00 bits per heavy atom. The molecule has 2 N–H and O–H groups in total. The lowest BCUT2D eigenvalue weighted by Gasteiger charge is -2.30. The average Bonchev–Trinajstić information content (AvgIpc) is 2.65. The molecule has 0 amide bonds. The van der Waals surface area contributed by atoms with Gasteiger partial charge < -0.3 is 20.3 Å². The predicted molar refractivity (Wildman–Crippen MR) is 109 cm³/mol. The molecule has 2 rings (SSSR count). The Morgan fingerprint density at radius 3 is 2.73 bits per heavy atom. The number of nitrogens with one attached hydrogen (secondary N) is 2. The normalized spacial score (nSPS) is 16.7. The number of hydrogen-bond acceptors (Lipinski definition) is 3. The number of nitrogens with zero attached hydrogens (tertiary/aromatic N) is 2. The van der Waals surface area contributed by atoms with Gasteiger partial charge in [0.05, 0.1) is 13.2 Å². The molecule has 0 aliphatic carbocycles. The topological polar surface area (TPSA) is 48.9 Å². The van der Waals surface area contributed by atoms with Crippen molar-refractivity contribution in [2.75, 3.05) is 39.8 Å². The van der Waals surface area contributed by atoms with E-state index in [0.29, 0.717) is 13.2 Å². The van der Waals surface area contributed by atoms with E-state index in [9.17, 15) is 0 Å².